The van der Waals surface area contributed by atoms with Crippen LogP contribution < -0.4 is 4.74 Å². The van der Waals surface area contributed by atoms with Crippen LogP contribution in [0.25, 0.3) is 0 Å². The van der Waals surface area contributed by atoms with E-state index in [2.05, 4.69) is 0 Å². The minimum Gasteiger partial charge on any atom is -0.482 e. The molecule has 142 valence electrons. The van der Waals surface area contributed by atoms with Gasteiger partial charge in [0.25, 0.3) is 0 Å². The molecular formula is C20H20ClNO5. The van der Waals surface area contributed by atoms with E-state index < -0.39 is 18.1 Å². The third kappa shape index (κ3) is 4.17. The van der Waals surface area contributed by atoms with Gasteiger partial charge in [-0.05, 0) is 42.7 Å². The number of rotatable bonds is 5. The number of nitrogens with zero attached hydrogens (tertiary/aromatic N) is 1. The van der Waals surface area contributed by atoms with E-state index in [0.717, 1.165) is 11.1 Å². The summed E-state index contributed by atoms with van der Waals surface area (Å²) < 4.78 is 10.5. The molecule has 0 saturated carbocycles. The highest BCUT2D eigenvalue weighted by Gasteiger charge is 2.34. The Morgan fingerprint density at radius 2 is 2.00 bits per heavy atom. The summed E-state index contributed by atoms with van der Waals surface area (Å²) >= 11 is 6.19. The van der Waals surface area contributed by atoms with Gasteiger partial charge in [0.2, 0.25) is 0 Å². The normalized spacial score (nSPS) is 15.8. The number of benzene rings is 2. The number of carbonyl (C=O) groups is 2. The smallest absolute Gasteiger partial charge is 0.408 e. The van der Waals surface area contributed by atoms with Crippen molar-refractivity contribution < 1.29 is 24.2 Å². The maximum absolute atomic E-state index is 11.9. The molecule has 6 nitrogen and oxygen atoms in total. The molecule has 0 saturated heterocycles. The Kier molecular flexibility index (Phi) is 5.86. The lowest BCUT2D eigenvalue weighted by Crippen LogP contribution is -2.39. The maximum Gasteiger partial charge on any atom is 0.408 e. The van der Waals surface area contributed by atoms with Gasteiger partial charge in [-0.25, -0.2) is 9.59 Å². The van der Waals surface area contributed by atoms with Crippen molar-refractivity contribution in [2.75, 3.05) is 19.8 Å². The minimum absolute atomic E-state index is 0.260. The van der Waals surface area contributed by atoms with E-state index in [1.807, 2.05) is 24.3 Å². The predicted molar refractivity (Wildman–Crippen MR) is 100 cm³/mol. The third-order valence-corrected chi connectivity index (χ3v) is 4.68. The van der Waals surface area contributed by atoms with Gasteiger partial charge in [0.1, 0.15) is 5.75 Å². The number of esters is 1. The zero-order valence-corrected chi connectivity index (χ0v) is 15.6. The Labute approximate surface area is 162 Å². The average Bonchev–Trinajstić information content (AvgIpc) is 2.66. The topological polar surface area (TPSA) is 76.1 Å². The molecule has 2 aromatic carbocycles. The van der Waals surface area contributed by atoms with Gasteiger partial charge in [-0.3, -0.25) is 4.90 Å². The molecule has 0 aliphatic carbocycles. The summed E-state index contributed by atoms with van der Waals surface area (Å²) in [5.41, 5.74) is 2.56. The number of carbonyl (C=O) groups excluding carboxylic acids is 1. The fourth-order valence-corrected chi connectivity index (χ4v) is 3.49. The first kappa shape index (κ1) is 19.0. The van der Waals surface area contributed by atoms with E-state index in [0.29, 0.717) is 29.3 Å². The van der Waals surface area contributed by atoms with Gasteiger partial charge in [0, 0.05) is 17.1 Å². The van der Waals surface area contributed by atoms with Crippen LogP contribution >= 0.6 is 11.6 Å². The molecule has 27 heavy (non-hydrogen) atoms. The molecule has 0 bridgehead atoms. The molecular weight excluding hydrogens is 370 g/mol. The summed E-state index contributed by atoms with van der Waals surface area (Å²) in [6.45, 7) is 2.08. The first-order valence-corrected chi connectivity index (χ1v) is 9.04. The SMILES string of the molecule is CCOC(=O)COc1ccc(Cl)cc1C1c2ccccc2CCN1C(=O)O. The lowest BCUT2D eigenvalue weighted by molar-refractivity contribution is -0.145. The van der Waals surface area contributed by atoms with Gasteiger partial charge in [0.05, 0.1) is 12.6 Å². The Morgan fingerprint density at radius 3 is 2.74 bits per heavy atom. The quantitative estimate of drug-likeness (QED) is 0.784. The van der Waals surface area contributed by atoms with E-state index >= 15 is 0 Å². The molecule has 1 atom stereocenters. The zero-order chi connectivity index (χ0) is 19.4. The number of hydrogen-bond acceptors (Lipinski definition) is 4. The van der Waals surface area contributed by atoms with Crippen molar-refractivity contribution in [3.8, 4) is 5.75 Å². The second kappa shape index (κ2) is 8.31. The van der Waals surface area contributed by atoms with Crippen LogP contribution in [-0.2, 0) is 16.0 Å². The van der Waals surface area contributed by atoms with Gasteiger partial charge in [-0.15, -0.1) is 0 Å². The molecule has 2 aromatic rings. The number of ether oxygens (including phenoxy) is 2. The number of carboxylic acid groups (broad SMARTS) is 1. The Bertz CT molecular complexity index is 854. The minimum atomic E-state index is -1.02. The van der Waals surface area contributed by atoms with Crippen LogP contribution in [0.3, 0.4) is 0 Å². The van der Waals surface area contributed by atoms with Crippen LogP contribution in [0.1, 0.15) is 29.7 Å². The van der Waals surface area contributed by atoms with Crippen LogP contribution in [0.2, 0.25) is 5.02 Å². The lowest BCUT2D eigenvalue weighted by atomic mass is 9.88. The number of amides is 1. The van der Waals surface area contributed by atoms with Crippen LogP contribution in [-0.4, -0.2) is 41.8 Å². The van der Waals surface area contributed by atoms with Gasteiger partial charge in [0.15, 0.2) is 6.61 Å². The summed E-state index contributed by atoms with van der Waals surface area (Å²) in [4.78, 5) is 24.9. The fraction of sp³-hybridized carbons (Fsp3) is 0.300. The maximum atomic E-state index is 11.9. The monoisotopic (exact) mass is 389 g/mol. The predicted octanol–water partition coefficient (Wildman–Crippen LogP) is 3.91. The van der Waals surface area contributed by atoms with E-state index in [9.17, 15) is 14.7 Å². The van der Waals surface area contributed by atoms with Gasteiger partial charge in [-0.2, -0.15) is 0 Å². The van der Waals surface area contributed by atoms with Crippen molar-refractivity contribution in [3.05, 3.63) is 64.2 Å². The summed E-state index contributed by atoms with van der Waals surface area (Å²) in [7, 11) is 0. The highest BCUT2D eigenvalue weighted by Crippen LogP contribution is 2.40. The summed E-state index contributed by atoms with van der Waals surface area (Å²) in [6, 6.07) is 12.1. The second-order valence-corrected chi connectivity index (χ2v) is 6.54. The molecule has 3 rings (SSSR count). The van der Waals surface area contributed by atoms with Gasteiger partial charge in [-0.1, -0.05) is 35.9 Å². The van der Waals surface area contributed by atoms with Crippen molar-refractivity contribution in [2.45, 2.75) is 19.4 Å². The average molecular weight is 390 g/mol. The number of fused-ring (bicyclic) bond motifs is 1. The Morgan fingerprint density at radius 1 is 1.22 bits per heavy atom. The van der Waals surface area contributed by atoms with Crippen LogP contribution in [0, 0.1) is 0 Å². The number of hydrogen-bond donors (Lipinski definition) is 1. The molecule has 0 spiro atoms. The molecule has 7 heteroatoms. The first-order chi connectivity index (χ1) is 13.0. The fourth-order valence-electron chi connectivity index (χ4n) is 3.31. The van der Waals surface area contributed by atoms with Crippen molar-refractivity contribution in [1.29, 1.82) is 0 Å². The second-order valence-electron chi connectivity index (χ2n) is 6.10. The van der Waals surface area contributed by atoms with E-state index in [4.69, 9.17) is 21.1 Å². The molecule has 1 N–H and O–H groups in total. The van der Waals surface area contributed by atoms with Crippen molar-refractivity contribution >= 4 is 23.7 Å². The molecule has 1 heterocycles. The largest absolute Gasteiger partial charge is 0.482 e. The van der Waals surface area contributed by atoms with Gasteiger partial charge < -0.3 is 14.6 Å². The van der Waals surface area contributed by atoms with Crippen LogP contribution in [0.4, 0.5) is 4.79 Å². The molecule has 1 aliphatic heterocycles. The number of halogens is 1. The standard InChI is InChI=1S/C20H20ClNO5/c1-2-26-18(23)12-27-17-8-7-14(21)11-16(17)19-15-6-4-3-5-13(15)9-10-22(19)20(24)25/h3-8,11,19H,2,9-10,12H2,1H3,(H,24,25). The lowest BCUT2D eigenvalue weighted by Gasteiger charge is -2.36. The first-order valence-electron chi connectivity index (χ1n) is 8.66. The molecule has 0 fully saturated rings. The molecule has 0 radical (unpaired) electrons. The van der Waals surface area contributed by atoms with Crippen molar-refractivity contribution in [1.82, 2.24) is 4.90 Å². The highest BCUT2D eigenvalue weighted by molar-refractivity contribution is 6.30. The summed E-state index contributed by atoms with van der Waals surface area (Å²) in [6.07, 6.45) is -0.385. The van der Waals surface area contributed by atoms with E-state index in [1.165, 1.54) is 4.90 Å². The van der Waals surface area contributed by atoms with Crippen molar-refractivity contribution in [3.63, 3.8) is 0 Å². The third-order valence-electron chi connectivity index (χ3n) is 4.45. The summed E-state index contributed by atoms with van der Waals surface area (Å²) in [5.74, 6) is -0.0852. The highest BCUT2D eigenvalue weighted by atomic mass is 35.5. The molecule has 0 aromatic heterocycles. The van der Waals surface area contributed by atoms with E-state index in [-0.39, 0.29) is 13.2 Å². The van der Waals surface area contributed by atoms with E-state index in [1.54, 1.807) is 25.1 Å². The Balaban J connectivity index is 2.03. The molecule has 1 unspecified atom stereocenters. The van der Waals surface area contributed by atoms with Crippen LogP contribution in [0.15, 0.2) is 42.5 Å². The molecule has 1 amide bonds. The van der Waals surface area contributed by atoms with Crippen LogP contribution in [0.5, 0.6) is 5.75 Å². The summed E-state index contributed by atoms with van der Waals surface area (Å²) in [5, 5.41) is 10.2. The zero-order valence-electron chi connectivity index (χ0n) is 14.9. The van der Waals surface area contributed by atoms with Gasteiger partial charge >= 0.3 is 12.1 Å². The Hall–Kier alpha value is -2.73. The molecule has 1 aliphatic rings. The van der Waals surface area contributed by atoms with Crippen molar-refractivity contribution in [2.24, 2.45) is 0 Å².